The van der Waals surface area contributed by atoms with Gasteiger partial charge in [-0.1, -0.05) is 18.2 Å². The van der Waals surface area contributed by atoms with Crippen molar-refractivity contribution in [1.29, 1.82) is 0 Å². The summed E-state index contributed by atoms with van der Waals surface area (Å²) in [6, 6.07) is 15.8. The molecule has 4 nitrogen and oxygen atoms in total. The van der Waals surface area contributed by atoms with Crippen LogP contribution in [0.5, 0.6) is 0 Å². The number of thioether (sulfide) groups is 1. The van der Waals surface area contributed by atoms with Crippen LogP contribution in [0.1, 0.15) is 23.2 Å². The van der Waals surface area contributed by atoms with Crippen molar-refractivity contribution < 1.29 is 9.53 Å². The third-order valence-corrected chi connectivity index (χ3v) is 5.96. The number of benzene rings is 2. The summed E-state index contributed by atoms with van der Waals surface area (Å²) in [5, 5.41) is 4.13. The number of aromatic nitrogens is 1. The molecule has 2 heterocycles. The van der Waals surface area contributed by atoms with Gasteiger partial charge in [-0.05, 0) is 43.2 Å². The van der Waals surface area contributed by atoms with Crippen LogP contribution in [0.4, 0.5) is 5.69 Å². The lowest BCUT2D eigenvalue weighted by molar-refractivity contribution is 0.102. The summed E-state index contributed by atoms with van der Waals surface area (Å²) < 4.78 is 7.75. The molecule has 0 bridgehead atoms. The molecule has 0 spiro atoms. The maximum absolute atomic E-state index is 12.9. The first-order valence-corrected chi connectivity index (χ1v) is 9.90. The minimum atomic E-state index is -0.0724. The van der Waals surface area contributed by atoms with E-state index in [1.807, 2.05) is 55.7 Å². The first kappa shape index (κ1) is 17.2. The highest BCUT2D eigenvalue weighted by molar-refractivity contribution is 7.99. The maximum atomic E-state index is 12.9. The van der Waals surface area contributed by atoms with Crippen molar-refractivity contribution in [2.24, 2.45) is 7.05 Å². The molecule has 26 heavy (non-hydrogen) atoms. The number of aryl methyl sites for hydroxylation is 1. The van der Waals surface area contributed by atoms with Gasteiger partial charge in [-0.25, -0.2) is 0 Å². The van der Waals surface area contributed by atoms with Gasteiger partial charge in [-0.15, -0.1) is 11.8 Å². The molecule has 1 aliphatic heterocycles. The predicted octanol–water partition coefficient (Wildman–Crippen LogP) is 4.70. The Morgan fingerprint density at radius 3 is 2.96 bits per heavy atom. The lowest BCUT2D eigenvalue weighted by Gasteiger charge is -2.13. The van der Waals surface area contributed by atoms with Crippen LogP contribution < -0.4 is 5.32 Å². The Kier molecular flexibility index (Phi) is 5.00. The first-order valence-electron chi connectivity index (χ1n) is 8.91. The molecular formula is C21H22N2O2S. The SMILES string of the molecule is Cn1ccc2c(NC(=O)c3ccccc3SCC3CCCO3)cccc21. The molecule has 1 aromatic heterocycles. The molecule has 1 saturated heterocycles. The molecular weight excluding hydrogens is 344 g/mol. The second-order valence-electron chi connectivity index (χ2n) is 6.56. The van der Waals surface area contributed by atoms with Crippen LogP contribution in [0.25, 0.3) is 10.9 Å². The first-order chi connectivity index (χ1) is 12.7. The number of nitrogens with one attached hydrogen (secondary N) is 1. The van der Waals surface area contributed by atoms with Crippen LogP contribution in [-0.2, 0) is 11.8 Å². The van der Waals surface area contributed by atoms with E-state index in [-0.39, 0.29) is 5.91 Å². The van der Waals surface area contributed by atoms with E-state index in [0.29, 0.717) is 11.7 Å². The Balaban J connectivity index is 1.54. The summed E-state index contributed by atoms with van der Waals surface area (Å²) in [5.41, 5.74) is 2.65. The van der Waals surface area contributed by atoms with Gasteiger partial charge < -0.3 is 14.6 Å². The molecule has 4 rings (SSSR count). The van der Waals surface area contributed by atoms with Gasteiger partial charge in [-0.3, -0.25) is 4.79 Å². The molecule has 0 aliphatic carbocycles. The third kappa shape index (κ3) is 3.50. The van der Waals surface area contributed by atoms with Gasteiger partial charge in [0.1, 0.15) is 0 Å². The number of carbonyl (C=O) groups excluding carboxylic acids is 1. The molecule has 1 unspecified atom stereocenters. The van der Waals surface area contributed by atoms with Crippen molar-refractivity contribution in [1.82, 2.24) is 4.57 Å². The molecule has 134 valence electrons. The topological polar surface area (TPSA) is 43.3 Å². The minimum absolute atomic E-state index is 0.0724. The van der Waals surface area contributed by atoms with E-state index in [2.05, 4.69) is 16.0 Å². The zero-order valence-corrected chi connectivity index (χ0v) is 15.6. The van der Waals surface area contributed by atoms with E-state index >= 15 is 0 Å². The van der Waals surface area contributed by atoms with Crippen molar-refractivity contribution in [2.75, 3.05) is 17.7 Å². The van der Waals surface area contributed by atoms with Crippen molar-refractivity contribution in [3.63, 3.8) is 0 Å². The summed E-state index contributed by atoms with van der Waals surface area (Å²) >= 11 is 1.70. The highest BCUT2D eigenvalue weighted by Crippen LogP contribution is 2.29. The Bertz CT molecular complexity index is 929. The molecule has 5 heteroatoms. The van der Waals surface area contributed by atoms with Crippen LogP contribution in [0.3, 0.4) is 0 Å². The Morgan fingerprint density at radius 1 is 1.23 bits per heavy atom. The molecule has 1 atom stereocenters. The number of rotatable bonds is 5. The van der Waals surface area contributed by atoms with E-state index in [1.54, 1.807) is 11.8 Å². The van der Waals surface area contributed by atoms with E-state index in [0.717, 1.165) is 46.7 Å². The number of ether oxygens (including phenoxy) is 1. The number of hydrogen-bond acceptors (Lipinski definition) is 3. The molecule has 2 aromatic carbocycles. The van der Waals surface area contributed by atoms with Gasteiger partial charge in [0, 0.05) is 41.4 Å². The highest BCUT2D eigenvalue weighted by Gasteiger charge is 2.18. The molecule has 1 fully saturated rings. The number of carbonyl (C=O) groups is 1. The largest absolute Gasteiger partial charge is 0.377 e. The quantitative estimate of drug-likeness (QED) is 0.666. The fourth-order valence-corrected chi connectivity index (χ4v) is 4.46. The summed E-state index contributed by atoms with van der Waals surface area (Å²) in [6.07, 6.45) is 4.55. The van der Waals surface area contributed by atoms with Crippen LogP contribution >= 0.6 is 11.8 Å². The number of hydrogen-bond donors (Lipinski definition) is 1. The van der Waals surface area contributed by atoms with E-state index in [1.165, 1.54) is 0 Å². The number of anilines is 1. The van der Waals surface area contributed by atoms with Gasteiger partial charge in [0.2, 0.25) is 0 Å². The molecule has 0 radical (unpaired) electrons. The average Bonchev–Trinajstić information content (AvgIpc) is 3.31. The second-order valence-corrected chi connectivity index (χ2v) is 7.62. The number of amides is 1. The third-order valence-electron chi connectivity index (χ3n) is 4.76. The fraction of sp³-hybridized carbons (Fsp3) is 0.286. The number of fused-ring (bicyclic) bond motifs is 1. The van der Waals surface area contributed by atoms with Gasteiger partial charge in [0.25, 0.3) is 5.91 Å². The van der Waals surface area contributed by atoms with Crippen LogP contribution in [-0.4, -0.2) is 28.9 Å². The van der Waals surface area contributed by atoms with E-state index in [4.69, 9.17) is 4.74 Å². The lowest BCUT2D eigenvalue weighted by atomic mass is 10.1. The zero-order valence-electron chi connectivity index (χ0n) is 14.8. The monoisotopic (exact) mass is 366 g/mol. The normalized spacial score (nSPS) is 16.9. The highest BCUT2D eigenvalue weighted by atomic mass is 32.2. The average molecular weight is 366 g/mol. The smallest absolute Gasteiger partial charge is 0.256 e. The summed E-state index contributed by atoms with van der Waals surface area (Å²) in [5.74, 6) is 0.815. The predicted molar refractivity (Wildman–Crippen MR) is 107 cm³/mol. The zero-order chi connectivity index (χ0) is 17.9. The summed E-state index contributed by atoms with van der Waals surface area (Å²) in [7, 11) is 2.00. The maximum Gasteiger partial charge on any atom is 0.256 e. The van der Waals surface area contributed by atoms with Crippen molar-refractivity contribution >= 4 is 34.3 Å². The molecule has 1 N–H and O–H groups in total. The van der Waals surface area contributed by atoms with Crippen molar-refractivity contribution in [3.05, 3.63) is 60.3 Å². The molecule has 1 amide bonds. The van der Waals surface area contributed by atoms with Gasteiger partial charge in [0.05, 0.1) is 17.4 Å². The standard InChI is InChI=1S/C21H22N2O2S/c1-23-12-11-16-18(8-4-9-19(16)23)22-21(24)17-7-2-3-10-20(17)26-14-15-6-5-13-25-15/h2-4,7-12,15H,5-6,13-14H2,1H3,(H,22,24). The Labute approximate surface area is 157 Å². The Hall–Kier alpha value is -2.24. The van der Waals surface area contributed by atoms with E-state index < -0.39 is 0 Å². The van der Waals surface area contributed by atoms with Crippen LogP contribution in [0.2, 0.25) is 0 Å². The molecule has 0 saturated carbocycles. The van der Waals surface area contributed by atoms with Crippen molar-refractivity contribution in [2.45, 2.75) is 23.8 Å². The van der Waals surface area contributed by atoms with Crippen molar-refractivity contribution in [3.8, 4) is 0 Å². The van der Waals surface area contributed by atoms with Gasteiger partial charge >= 0.3 is 0 Å². The van der Waals surface area contributed by atoms with Gasteiger partial charge in [0.15, 0.2) is 0 Å². The Morgan fingerprint density at radius 2 is 2.12 bits per heavy atom. The minimum Gasteiger partial charge on any atom is -0.377 e. The van der Waals surface area contributed by atoms with Crippen LogP contribution in [0, 0.1) is 0 Å². The second kappa shape index (κ2) is 7.56. The summed E-state index contributed by atoms with van der Waals surface area (Å²) in [4.78, 5) is 13.9. The molecule has 1 aliphatic rings. The molecule has 3 aromatic rings. The van der Waals surface area contributed by atoms with Gasteiger partial charge in [-0.2, -0.15) is 0 Å². The van der Waals surface area contributed by atoms with E-state index in [9.17, 15) is 4.79 Å². The fourth-order valence-electron chi connectivity index (χ4n) is 3.34. The number of nitrogens with zero attached hydrogens (tertiary/aromatic N) is 1. The van der Waals surface area contributed by atoms with Crippen LogP contribution in [0.15, 0.2) is 59.6 Å². The summed E-state index contributed by atoms with van der Waals surface area (Å²) in [6.45, 7) is 0.856. The lowest BCUT2D eigenvalue weighted by Crippen LogP contribution is -2.14.